The minimum Gasteiger partial charge on any atom is -0.497 e. The topological polar surface area (TPSA) is 49.2 Å². The van der Waals surface area contributed by atoms with Crippen molar-refractivity contribution < 1.29 is 13.9 Å². The van der Waals surface area contributed by atoms with Gasteiger partial charge < -0.3 is 14.0 Å². The molecular weight excluding hydrogens is 389 g/mol. The lowest BCUT2D eigenvalue weighted by Crippen LogP contribution is -2.15. The van der Waals surface area contributed by atoms with E-state index >= 15 is 0 Å². The summed E-state index contributed by atoms with van der Waals surface area (Å²) in [7, 11) is 1.63. The fourth-order valence-corrected chi connectivity index (χ4v) is 3.85. The Labute approximate surface area is 175 Å². The van der Waals surface area contributed by atoms with E-state index in [0.29, 0.717) is 17.2 Å². The molecule has 0 aliphatic rings. The van der Waals surface area contributed by atoms with Gasteiger partial charge in [-0.05, 0) is 48.7 Å². The normalized spacial score (nSPS) is 12.2. The molecule has 7 heteroatoms. The Balaban J connectivity index is 1.77. The van der Waals surface area contributed by atoms with E-state index in [-0.39, 0.29) is 11.9 Å². The van der Waals surface area contributed by atoms with E-state index in [1.54, 1.807) is 19.2 Å². The van der Waals surface area contributed by atoms with Gasteiger partial charge in [0.15, 0.2) is 17.1 Å². The number of hydrogen-bond acceptors (Lipinski definition) is 5. The molecule has 0 saturated heterocycles. The van der Waals surface area contributed by atoms with E-state index in [4.69, 9.17) is 9.47 Å². The molecule has 1 atom stereocenters. The van der Waals surface area contributed by atoms with Gasteiger partial charge in [0.2, 0.25) is 0 Å². The van der Waals surface area contributed by atoms with Gasteiger partial charge in [0, 0.05) is 12.3 Å². The molecule has 0 amide bonds. The van der Waals surface area contributed by atoms with Crippen molar-refractivity contribution in [3.8, 4) is 11.5 Å². The third-order valence-electron chi connectivity index (χ3n) is 4.34. The number of hydrogen-bond donors (Lipinski definition) is 0. The molecule has 154 valence electrons. The summed E-state index contributed by atoms with van der Waals surface area (Å²) in [6, 6.07) is 14.3. The highest BCUT2D eigenvalue weighted by Gasteiger charge is 2.20. The summed E-state index contributed by atoms with van der Waals surface area (Å²) in [6.45, 7) is 7.00. The van der Waals surface area contributed by atoms with Crippen LogP contribution in [-0.4, -0.2) is 21.9 Å². The van der Waals surface area contributed by atoms with Crippen LogP contribution in [0.1, 0.15) is 38.3 Å². The molecule has 0 aliphatic heterocycles. The average Bonchev–Trinajstić information content (AvgIpc) is 3.10. The molecule has 0 saturated carbocycles. The third-order valence-corrected chi connectivity index (χ3v) is 5.36. The minimum atomic E-state index is -0.280. The summed E-state index contributed by atoms with van der Waals surface area (Å²) < 4.78 is 27.3. The predicted molar refractivity (Wildman–Crippen MR) is 113 cm³/mol. The Morgan fingerprint density at radius 3 is 2.34 bits per heavy atom. The van der Waals surface area contributed by atoms with Crippen LogP contribution in [0.25, 0.3) is 0 Å². The Hall–Kier alpha value is -2.54. The van der Waals surface area contributed by atoms with Gasteiger partial charge in [0.25, 0.3) is 0 Å². The average molecular weight is 416 g/mol. The summed E-state index contributed by atoms with van der Waals surface area (Å²) >= 11 is 1.48. The van der Waals surface area contributed by atoms with Crippen LogP contribution in [0.3, 0.4) is 0 Å². The van der Waals surface area contributed by atoms with Crippen LogP contribution < -0.4 is 9.47 Å². The molecule has 1 aromatic heterocycles. The second kappa shape index (κ2) is 9.78. The summed E-state index contributed by atoms with van der Waals surface area (Å²) in [5.74, 6) is 2.97. The molecule has 3 rings (SSSR count). The van der Waals surface area contributed by atoms with Crippen LogP contribution in [0.5, 0.6) is 11.5 Å². The molecule has 29 heavy (non-hydrogen) atoms. The van der Waals surface area contributed by atoms with E-state index in [0.717, 1.165) is 29.0 Å². The van der Waals surface area contributed by atoms with E-state index in [1.807, 2.05) is 37.3 Å². The maximum atomic E-state index is 13.9. The Bertz CT molecular complexity index is 928. The molecule has 3 aromatic rings. The Kier molecular flexibility index (Phi) is 7.14. The molecule has 1 heterocycles. The third kappa shape index (κ3) is 5.50. The molecule has 0 aliphatic carbocycles. The first kappa shape index (κ1) is 21.2. The number of thioether (sulfide) groups is 1. The summed E-state index contributed by atoms with van der Waals surface area (Å²) in [5, 5.41) is 9.51. The molecule has 0 bridgehead atoms. The Morgan fingerprint density at radius 2 is 1.69 bits per heavy atom. The molecule has 5 nitrogen and oxygen atoms in total. The lowest BCUT2D eigenvalue weighted by Gasteiger charge is -2.18. The van der Waals surface area contributed by atoms with Gasteiger partial charge in [-0.1, -0.05) is 43.8 Å². The van der Waals surface area contributed by atoms with Crippen molar-refractivity contribution in [2.45, 2.75) is 44.3 Å². The Morgan fingerprint density at radius 1 is 1.00 bits per heavy atom. The second-order valence-electron chi connectivity index (χ2n) is 7.16. The highest BCUT2D eigenvalue weighted by Crippen LogP contribution is 2.28. The van der Waals surface area contributed by atoms with Gasteiger partial charge in [-0.25, -0.2) is 4.39 Å². The van der Waals surface area contributed by atoms with Crippen molar-refractivity contribution in [2.75, 3.05) is 7.11 Å². The number of nitrogens with zero attached hydrogens (tertiary/aromatic N) is 3. The fourth-order valence-electron chi connectivity index (χ4n) is 2.91. The zero-order chi connectivity index (χ0) is 20.8. The monoisotopic (exact) mass is 415 g/mol. The molecular formula is C22H26FN3O2S. The number of methoxy groups -OCH3 is 1. The van der Waals surface area contributed by atoms with Crippen LogP contribution >= 0.6 is 11.8 Å². The zero-order valence-corrected chi connectivity index (χ0v) is 17.9. The van der Waals surface area contributed by atoms with E-state index in [2.05, 4.69) is 28.6 Å². The molecule has 0 spiro atoms. The van der Waals surface area contributed by atoms with Crippen LogP contribution in [0.4, 0.5) is 4.39 Å². The number of benzene rings is 2. The lowest BCUT2D eigenvalue weighted by atomic mass is 10.2. The lowest BCUT2D eigenvalue weighted by molar-refractivity contribution is 0.207. The highest BCUT2D eigenvalue weighted by molar-refractivity contribution is 7.98. The van der Waals surface area contributed by atoms with E-state index in [9.17, 15) is 4.39 Å². The van der Waals surface area contributed by atoms with E-state index in [1.165, 1.54) is 17.8 Å². The fraction of sp³-hybridized carbons (Fsp3) is 0.364. The largest absolute Gasteiger partial charge is 0.497 e. The van der Waals surface area contributed by atoms with Gasteiger partial charge in [0.05, 0.1) is 7.11 Å². The van der Waals surface area contributed by atoms with Gasteiger partial charge in [-0.2, -0.15) is 0 Å². The van der Waals surface area contributed by atoms with E-state index < -0.39 is 0 Å². The van der Waals surface area contributed by atoms with Crippen LogP contribution in [0.15, 0.2) is 53.7 Å². The SMILES string of the molecule is COc1ccc(OC(C)c2nnc(SCc3ccccc3F)n2CC(C)C)cc1. The van der Waals surface area contributed by atoms with Crippen molar-refractivity contribution in [2.24, 2.45) is 5.92 Å². The standard InChI is InChI=1S/C22H26FN3O2S/c1-15(2)13-26-21(16(3)28-19-11-9-18(27-4)10-12-19)24-25-22(26)29-14-17-7-5-6-8-20(17)23/h5-12,15-16H,13-14H2,1-4H3. The summed E-state index contributed by atoms with van der Waals surface area (Å²) in [4.78, 5) is 0. The first-order valence-corrected chi connectivity index (χ1v) is 10.6. The van der Waals surface area contributed by atoms with Gasteiger partial charge >= 0.3 is 0 Å². The van der Waals surface area contributed by atoms with Gasteiger partial charge in [-0.15, -0.1) is 10.2 Å². The first-order chi connectivity index (χ1) is 14.0. The maximum Gasteiger partial charge on any atom is 0.191 e. The molecule has 0 fully saturated rings. The zero-order valence-electron chi connectivity index (χ0n) is 17.1. The minimum absolute atomic E-state index is 0.202. The number of halogens is 1. The summed E-state index contributed by atoms with van der Waals surface area (Å²) in [6.07, 6.45) is -0.280. The van der Waals surface area contributed by atoms with Crippen molar-refractivity contribution in [1.82, 2.24) is 14.8 Å². The van der Waals surface area contributed by atoms with Crippen LogP contribution in [-0.2, 0) is 12.3 Å². The number of aromatic nitrogens is 3. The van der Waals surface area contributed by atoms with Crippen molar-refractivity contribution in [1.29, 1.82) is 0 Å². The number of rotatable bonds is 9. The molecule has 0 radical (unpaired) electrons. The van der Waals surface area contributed by atoms with Crippen molar-refractivity contribution in [3.05, 3.63) is 65.7 Å². The maximum absolute atomic E-state index is 13.9. The van der Waals surface area contributed by atoms with Gasteiger partial charge in [0.1, 0.15) is 17.3 Å². The number of ether oxygens (including phenoxy) is 2. The van der Waals surface area contributed by atoms with Crippen LogP contribution in [0.2, 0.25) is 0 Å². The predicted octanol–water partition coefficient (Wildman–Crippen LogP) is 5.51. The molecule has 2 aromatic carbocycles. The quantitative estimate of drug-likeness (QED) is 0.431. The molecule has 1 unspecified atom stereocenters. The molecule has 0 N–H and O–H groups in total. The highest BCUT2D eigenvalue weighted by atomic mass is 32.2. The van der Waals surface area contributed by atoms with Gasteiger partial charge in [-0.3, -0.25) is 0 Å². The second-order valence-corrected chi connectivity index (χ2v) is 8.10. The first-order valence-electron chi connectivity index (χ1n) is 9.58. The smallest absolute Gasteiger partial charge is 0.191 e. The van der Waals surface area contributed by atoms with Crippen molar-refractivity contribution >= 4 is 11.8 Å². The summed E-state index contributed by atoms with van der Waals surface area (Å²) in [5.41, 5.74) is 0.653. The van der Waals surface area contributed by atoms with Crippen LogP contribution in [0, 0.1) is 11.7 Å². The van der Waals surface area contributed by atoms with Crippen molar-refractivity contribution in [3.63, 3.8) is 0 Å².